The summed E-state index contributed by atoms with van der Waals surface area (Å²) in [7, 11) is 0. The predicted molar refractivity (Wildman–Crippen MR) is 67.9 cm³/mol. The third kappa shape index (κ3) is 1.93. The summed E-state index contributed by atoms with van der Waals surface area (Å²) in [6.07, 6.45) is 1.55. The van der Waals surface area contributed by atoms with Gasteiger partial charge in [0.1, 0.15) is 0 Å². The van der Waals surface area contributed by atoms with Crippen LogP contribution in [0.3, 0.4) is 0 Å². The average Bonchev–Trinajstić information content (AvgIpc) is 2.34. The largest absolute Gasteiger partial charge is 0.492 e. The van der Waals surface area contributed by atoms with E-state index in [4.69, 9.17) is 0 Å². The monoisotopic (exact) mass is 230 g/mol. The Morgan fingerprint density at radius 3 is 2.71 bits per heavy atom. The molecule has 0 aliphatic rings. The molecule has 2 aromatic rings. The average molecular weight is 230 g/mol. The van der Waals surface area contributed by atoms with Crippen LogP contribution in [0.25, 0.3) is 16.5 Å². The Morgan fingerprint density at radius 1 is 1.41 bits per heavy atom. The van der Waals surface area contributed by atoms with Crippen molar-refractivity contribution in [2.24, 2.45) is 0 Å². The van der Waals surface area contributed by atoms with Crippen molar-refractivity contribution in [3.63, 3.8) is 0 Å². The molecule has 4 heteroatoms. The smallest absolute Gasteiger partial charge is 0.279 e. The molecule has 1 aromatic carbocycles. The van der Waals surface area contributed by atoms with Crippen LogP contribution in [0.2, 0.25) is 0 Å². The van der Waals surface area contributed by atoms with Gasteiger partial charge in [0.05, 0.1) is 10.8 Å². The van der Waals surface area contributed by atoms with Gasteiger partial charge >= 0.3 is 0 Å². The van der Waals surface area contributed by atoms with Crippen molar-refractivity contribution in [3.05, 3.63) is 41.2 Å². The maximum Gasteiger partial charge on any atom is 0.279 e. The van der Waals surface area contributed by atoms with Crippen molar-refractivity contribution >= 4 is 16.5 Å². The van der Waals surface area contributed by atoms with Crippen molar-refractivity contribution in [2.75, 3.05) is 0 Å². The molecule has 1 heterocycles. The highest BCUT2D eigenvalue weighted by atomic mass is 16.3. The molecule has 0 amide bonds. The van der Waals surface area contributed by atoms with Crippen LogP contribution in [-0.2, 0) is 0 Å². The lowest BCUT2D eigenvalue weighted by Gasteiger charge is -2.08. The summed E-state index contributed by atoms with van der Waals surface area (Å²) in [6, 6.07) is 6.87. The van der Waals surface area contributed by atoms with E-state index in [0.717, 1.165) is 6.42 Å². The SMILES string of the molecule is C=C(CCC)n1nc(O)c2ccccc2c1=O. The molecule has 0 bridgehead atoms. The van der Waals surface area contributed by atoms with Crippen molar-refractivity contribution in [2.45, 2.75) is 19.8 Å². The lowest BCUT2D eigenvalue weighted by Crippen LogP contribution is -2.21. The second kappa shape index (κ2) is 4.41. The van der Waals surface area contributed by atoms with Gasteiger partial charge in [0, 0.05) is 5.70 Å². The van der Waals surface area contributed by atoms with Gasteiger partial charge < -0.3 is 5.11 Å². The fraction of sp³-hybridized carbons (Fsp3) is 0.231. The molecule has 17 heavy (non-hydrogen) atoms. The summed E-state index contributed by atoms with van der Waals surface area (Å²) >= 11 is 0. The van der Waals surface area contributed by atoms with Crippen molar-refractivity contribution in [1.82, 2.24) is 9.78 Å². The van der Waals surface area contributed by atoms with Crippen molar-refractivity contribution in [3.8, 4) is 5.88 Å². The number of rotatable bonds is 3. The van der Waals surface area contributed by atoms with E-state index in [1.54, 1.807) is 24.3 Å². The van der Waals surface area contributed by atoms with E-state index in [-0.39, 0.29) is 11.4 Å². The topological polar surface area (TPSA) is 55.1 Å². The van der Waals surface area contributed by atoms with Crippen LogP contribution in [0.5, 0.6) is 5.88 Å². The number of hydrogen-bond acceptors (Lipinski definition) is 3. The highest BCUT2D eigenvalue weighted by Crippen LogP contribution is 2.19. The number of aromatic hydroxyl groups is 1. The Labute approximate surface area is 98.8 Å². The third-order valence-electron chi connectivity index (χ3n) is 2.62. The van der Waals surface area contributed by atoms with E-state index in [2.05, 4.69) is 11.7 Å². The van der Waals surface area contributed by atoms with Crippen molar-refractivity contribution in [1.29, 1.82) is 0 Å². The zero-order valence-corrected chi connectivity index (χ0v) is 9.68. The second-order valence-corrected chi connectivity index (χ2v) is 3.90. The van der Waals surface area contributed by atoms with E-state index < -0.39 is 0 Å². The summed E-state index contributed by atoms with van der Waals surface area (Å²) in [6.45, 7) is 5.81. The molecular weight excluding hydrogens is 216 g/mol. The minimum atomic E-state index is -0.239. The number of hydrogen-bond donors (Lipinski definition) is 1. The Balaban J connectivity index is 2.71. The first-order valence-corrected chi connectivity index (χ1v) is 5.54. The van der Waals surface area contributed by atoms with Gasteiger partial charge in [-0.25, -0.2) is 0 Å². The van der Waals surface area contributed by atoms with Crippen LogP contribution in [0.4, 0.5) is 0 Å². The van der Waals surface area contributed by atoms with Gasteiger partial charge in [0.15, 0.2) is 0 Å². The Morgan fingerprint density at radius 2 is 2.06 bits per heavy atom. The maximum absolute atomic E-state index is 12.1. The number of fused-ring (bicyclic) bond motifs is 1. The molecule has 0 aliphatic heterocycles. The number of nitrogens with zero attached hydrogens (tertiary/aromatic N) is 2. The highest BCUT2D eigenvalue weighted by Gasteiger charge is 2.10. The van der Waals surface area contributed by atoms with E-state index in [0.29, 0.717) is 22.9 Å². The van der Waals surface area contributed by atoms with E-state index in [1.165, 1.54) is 4.68 Å². The van der Waals surface area contributed by atoms with Gasteiger partial charge in [0.2, 0.25) is 5.88 Å². The Kier molecular flexibility index (Phi) is 2.95. The minimum absolute atomic E-state index is 0.141. The molecule has 0 aliphatic carbocycles. The maximum atomic E-state index is 12.1. The zero-order chi connectivity index (χ0) is 12.4. The normalized spacial score (nSPS) is 10.6. The number of benzene rings is 1. The molecule has 1 aromatic heterocycles. The Hall–Kier alpha value is -2.10. The third-order valence-corrected chi connectivity index (χ3v) is 2.62. The van der Waals surface area contributed by atoms with Gasteiger partial charge in [-0.05, 0) is 18.6 Å². The molecule has 0 saturated carbocycles. The van der Waals surface area contributed by atoms with Crippen LogP contribution in [0, 0.1) is 0 Å². The summed E-state index contributed by atoms with van der Waals surface area (Å²) < 4.78 is 1.18. The number of aromatic nitrogens is 2. The van der Waals surface area contributed by atoms with Crippen LogP contribution in [0.15, 0.2) is 35.6 Å². The summed E-state index contributed by atoms with van der Waals surface area (Å²) in [5.74, 6) is -0.141. The molecule has 0 saturated heterocycles. The molecule has 0 atom stereocenters. The standard InChI is InChI=1S/C13H14N2O2/c1-3-6-9(2)15-13(17)11-8-5-4-7-10(11)12(16)14-15/h4-5,7-8H,2-3,6H2,1H3,(H,14,16). The first-order valence-electron chi connectivity index (χ1n) is 5.54. The van der Waals surface area contributed by atoms with Crippen LogP contribution >= 0.6 is 0 Å². The van der Waals surface area contributed by atoms with Gasteiger partial charge in [-0.2, -0.15) is 4.68 Å². The molecule has 88 valence electrons. The second-order valence-electron chi connectivity index (χ2n) is 3.90. The summed E-state index contributed by atoms with van der Waals surface area (Å²) in [5.41, 5.74) is 0.357. The predicted octanol–water partition coefficient (Wildman–Crippen LogP) is 2.37. The minimum Gasteiger partial charge on any atom is -0.492 e. The molecular formula is C13H14N2O2. The molecule has 0 radical (unpaired) electrons. The zero-order valence-electron chi connectivity index (χ0n) is 9.68. The van der Waals surface area contributed by atoms with Crippen LogP contribution in [0.1, 0.15) is 19.8 Å². The number of allylic oxidation sites excluding steroid dienone is 1. The molecule has 2 rings (SSSR count). The van der Waals surface area contributed by atoms with Gasteiger partial charge in [0.25, 0.3) is 5.56 Å². The van der Waals surface area contributed by atoms with E-state index >= 15 is 0 Å². The van der Waals surface area contributed by atoms with Crippen LogP contribution < -0.4 is 5.56 Å². The van der Waals surface area contributed by atoms with Gasteiger partial charge in [-0.1, -0.05) is 32.1 Å². The lowest BCUT2D eigenvalue weighted by molar-refractivity contribution is 0.444. The highest BCUT2D eigenvalue weighted by molar-refractivity contribution is 5.85. The first kappa shape index (κ1) is 11.4. The van der Waals surface area contributed by atoms with Crippen LogP contribution in [-0.4, -0.2) is 14.9 Å². The fourth-order valence-electron chi connectivity index (χ4n) is 1.78. The molecule has 1 N–H and O–H groups in total. The van der Waals surface area contributed by atoms with Crippen molar-refractivity contribution < 1.29 is 5.11 Å². The quantitative estimate of drug-likeness (QED) is 0.880. The van der Waals surface area contributed by atoms with E-state index in [9.17, 15) is 9.90 Å². The first-order chi connectivity index (χ1) is 8.15. The molecule has 4 nitrogen and oxygen atoms in total. The summed E-state index contributed by atoms with van der Waals surface area (Å²) in [5, 5.41) is 14.6. The summed E-state index contributed by atoms with van der Waals surface area (Å²) in [4.78, 5) is 12.1. The van der Waals surface area contributed by atoms with Gasteiger partial charge in [-0.15, -0.1) is 5.10 Å². The molecule has 0 fully saturated rings. The fourth-order valence-corrected chi connectivity index (χ4v) is 1.78. The molecule has 0 spiro atoms. The molecule has 0 unspecified atom stereocenters. The van der Waals surface area contributed by atoms with E-state index in [1.807, 2.05) is 6.92 Å². The Bertz CT molecular complexity index is 629. The lowest BCUT2D eigenvalue weighted by atomic mass is 10.2. The van der Waals surface area contributed by atoms with Gasteiger partial charge in [-0.3, -0.25) is 4.79 Å².